The Bertz CT molecular complexity index is 217. The quantitative estimate of drug-likeness (QED) is 0.665. The van der Waals surface area contributed by atoms with Crippen LogP contribution in [0.1, 0.15) is 58.8 Å². The van der Waals surface area contributed by atoms with Crippen LogP contribution in [0.15, 0.2) is 0 Å². The Morgan fingerprint density at radius 2 is 2.00 bits per heavy atom. The van der Waals surface area contributed by atoms with Crippen molar-refractivity contribution >= 4 is 0 Å². The first-order valence-electron chi connectivity index (χ1n) is 7.67. The van der Waals surface area contributed by atoms with Crippen LogP contribution in [0.25, 0.3) is 0 Å². The fourth-order valence-corrected chi connectivity index (χ4v) is 2.90. The van der Waals surface area contributed by atoms with Crippen LogP contribution in [0.2, 0.25) is 0 Å². The van der Waals surface area contributed by atoms with Crippen LogP contribution in [-0.2, 0) is 0 Å². The lowest BCUT2D eigenvalue weighted by atomic mass is 9.96. The van der Waals surface area contributed by atoms with Crippen LogP contribution in [0.4, 0.5) is 0 Å². The number of hydrogen-bond donors (Lipinski definition) is 2. The average Bonchev–Trinajstić information content (AvgIpc) is 2.90. The molecule has 0 bridgehead atoms. The van der Waals surface area contributed by atoms with Crippen LogP contribution < -0.4 is 5.32 Å². The number of aliphatic hydroxyl groups is 1. The van der Waals surface area contributed by atoms with E-state index in [4.69, 9.17) is 0 Å². The maximum absolute atomic E-state index is 9.51. The monoisotopic (exact) mass is 256 g/mol. The smallest absolute Gasteiger partial charge is 0.0610 e. The molecule has 0 aromatic rings. The molecule has 3 nitrogen and oxygen atoms in total. The van der Waals surface area contributed by atoms with E-state index in [1.54, 1.807) is 0 Å². The van der Waals surface area contributed by atoms with E-state index in [0.29, 0.717) is 0 Å². The van der Waals surface area contributed by atoms with Gasteiger partial charge in [-0.2, -0.15) is 0 Å². The molecule has 1 aliphatic carbocycles. The van der Waals surface area contributed by atoms with Gasteiger partial charge in [0.25, 0.3) is 0 Å². The third-order valence-corrected chi connectivity index (χ3v) is 4.34. The minimum Gasteiger partial charge on any atom is -0.394 e. The highest BCUT2D eigenvalue weighted by atomic mass is 16.3. The van der Waals surface area contributed by atoms with Gasteiger partial charge >= 0.3 is 0 Å². The van der Waals surface area contributed by atoms with Crippen molar-refractivity contribution in [2.75, 3.05) is 26.7 Å². The highest BCUT2D eigenvalue weighted by Crippen LogP contribution is 2.23. The van der Waals surface area contributed by atoms with E-state index in [-0.39, 0.29) is 12.1 Å². The molecule has 0 amide bonds. The molecular weight excluding hydrogens is 224 g/mol. The highest BCUT2D eigenvalue weighted by molar-refractivity contribution is 4.83. The van der Waals surface area contributed by atoms with Crippen LogP contribution in [0.5, 0.6) is 0 Å². The summed E-state index contributed by atoms with van der Waals surface area (Å²) in [5, 5.41) is 13.0. The van der Waals surface area contributed by atoms with Crippen molar-refractivity contribution in [3.05, 3.63) is 0 Å². The van der Waals surface area contributed by atoms with Crippen molar-refractivity contribution in [1.82, 2.24) is 10.2 Å². The summed E-state index contributed by atoms with van der Waals surface area (Å²) < 4.78 is 0. The summed E-state index contributed by atoms with van der Waals surface area (Å²) in [5.74, 6) is 0. The highest BCUT2D eigenvalue weighted by Gasteiger charge is 2.23. The summed E-state index contributed by atoms with van der Waals surface area (Å²) in [6.45, 7) is 6.70. The number of rotatable bonds is 9. The molecule has 1 rings (SSSR count). The van der Waals surface area contributed by atoms with Crippen LogP contribution >= 0.6 is 0 Å². The number of aliphatic hydroxyl groups excluding tert-OH is 1. The summed E-state index contributed by atoms with van der Waals surface area (Å²) in [6, 6.07) is 0.814. The number of hydrogen-bond acceptors (Lipinski definition) is 3. The van der Waals surface area contributed by atoms with E-state index in [1.807, 2.05) is 0 Å². The van der Waals surface area contributed by atoms with E-state index in [2.05, 4.69) is 31.1 Å². The summed E-state index contributed by atoms with van der Waals surface area (Å²) in [5.41, 5.74) is -0.0907. The Hall–Kier alpha value is -0.120. The Balaban J connectivity index is 2.21. The van der Waals surface area contributed by atoms with E-state index >= 15 is 0 Å². The van der Waals surface area contributed by atoms with Gasteiger partial charge < -0.3 is 15.3 Å². The lowest BCUT2D eigenvalue weighted by molar-refractivity contribution is 0.154. The molecule has 1 unspecified atom stereocenters. The molecule has 18 heavy (non-hydrogen) atoms. The van der Waals surface area contributed by atoms with Crippen molar-refractivity contribution in [3.63, 3.8) is 0 Å². The van der Waals surface area contributed by atoms with E-state index in [9.17, 15) is 5.11 Å². The zero-order chi connectivity index (χ0) is 13.4. The average molecular weight is 256 g/mol. The molecule has 3 heteroatoms. The van der Waals surface area contributed by atoms with E-state index in [0.717, 1.165) is 32.0 Å². The third kappa shape index (κ3) is 5.25. The first-order valence-corrected chi connectivity index (χ1v) is 7.67. The Morgan fingerprint density at radius 1 is 1.33 bits per heavy atom. The van der Waals surface area contributed by atoms with Gasteiger partial charge in [0.2, 0.25) is 0 Å². The maximum Gasteiger partial charge on any atom is 0.0610 e. The van der Waals surface area contributed by atoms with E-state index < -0.39 is 0 Å². The molecule has 0 spiro atoms. The molecule has 0 saturated heterocycles. The van der Waals surface area contributed by atoms with Crippen molar-refractivity contribution in [1.29, 1.82) is 0 Å². The summed E-state index contributed by atoms with van der Waals surface area (Å²) in [7, 11) is 2.26. The third-order valence-electron chi connectivity index (χ3n) is 4.34. The molecule has 1 aliphatic rings. The molecule has 108 valence electrons. The Kier molecular flexibility index (Phi) is 7.20. The zero-order valence-corrected chi connectivity index (χ0v) is 12.5. The molecule has 2 N–H and O–H groups in total. The van der Waals surface area contributed by atoms with Crippen LogP contribution in [0, 0.1) is 0 Å². The molecular formula is C15H32N2O. The fourth-order valence-electron chi connectivity index (χ4n) is 2.90. The van der Waals surface area contributed by atoms with Gasteiger partial charge in [-0.1, -0.05) is 19.8 Å². The van der Waals surface area contributed by atoms with Gasteiger partial charge in [0, 0.05) is 11.6 Å². The van der Waals surface area contributed by atoms with Crippen molar-refractivity contribution in [3.8, 4) is 0 Å². The molecule has 0 aromatic heterocycles. The van der Waals surface area contributed by atoms with Crippen LogP contribution in [-0.4, -0.2) is 48.3 Å². The second-order valence-corrected chi connectivity index (χ2v) is 6.17. The van der Waals surface area contributed by atoms with Gasteiger partial charge in [-0.15, -0.1) is 0 Å². The summed E-state index contributed by atoms with van der Waals surface area (Å²) >= 11 is 0. The predicted molar refractivity (Wildman–Crippen MR) is 77.9 cm³/mol. The normalized spacial score (nSPS) is 20.5. The summed E-state index contributed by atoms with van der Waals surface area (Å²) in [4.78, 5) is 2.52. The fraction of sp³-hybridized carbons (Fsp3) is 1.00. The van der Waals surface area contributed by atoms with Gasteiger partial charge in [-0.05, 0) is 59.2 Å². The molecule has 0 aromatic carbocycles. The number of nitrogens with one attached hydrogen (secondary N) is 1. The predicted octanol–water partition coefficient (Wildman–Crippen LogP) is 2.39. The van der Waals surface area contributed by atoms with Gasteiger partial charge in [-0.3, -0.25) is 0 Å². The molecule has 1 fully saturated rings. The van der Waals surface area contributed by atoms with Gasteiger partial charge in [-0.25, -0.2) is 0 Å². The van der Waals surface area contributed by atoms with Crippen LogP contribution in [0.3, 0.4) is 0 Å². The summed E-state index contributed by atoms with van der Waals surface area (Å²) in [6.07, 6.45) is 8.91. The van der Waals surface area contributed by atoms with Crippen molar-refractivity contribution in [2.24, 2.45) is 0 Å². The standard InChI is InChI=1S/C15H32N2O/c1-4-11-16-15(2,13-18)10-7-12-17(3)14-8-5-6-9-14/h14,16,18H,4-13H2,1-3H3. The molecule has 0 heterocycles. The zero-order valence-electron chi connectivity index (χ0n) is 12.5. The number of nitrogens with zero attached hydrogens (tertiary/aromatic N) is 1. The van der Waals surface area contributed by atoms with Crippen molar-refractivity contribution in [2.45, 2.75) is 70.4 Å². The molecule has 0 radical (unpaired) electrons. The van der Waals surface area contributed by atoms with E-state index in [1.165, 1.54) is 32.1 Å². The van der Waals surface area contributed by atoms with Gasteiger partial charge in [0.05, 0.1) is 6.61 Å². The van der Waals surface area contributed by atoms with Gasteiger partial charge in [0.15, 0.2) is 0 Å². The molecule has 1 saturated carbocycles. The Morgan fingerprint density at radius 3 is 2.56 bits per heavy atom. The van der Waals surface area contributed by atoms with Gasteiger partial charge in [0.1, 0.15) is 0 Å². The molecule has 0 aliphatic heterocycles. The lowest BCUT2D eigenvalue weighted by Gasteiger charge is -2.31. The minimum absolute atomic E-state index is 0.0907. The second-order valence-electron chi connectivity index (χ2n) is 6.17. The minimum atomic E-state index is -0.0907. The van der Waals surface area contributed by atoms with Crippen molar-refractivity contribution < 1.29 is 5.11 Å². The Labute approximate surface area is 113 Å². The first kappa shape index (κ1) is 15.9. The second kappa shape index (κ2) is 8.13. The lowest BCUT2D eigenvalue weighted by Crippen LogP contribution is -2.46. The maximum atomic E-state index is 9.51. The first-order chi connectivity index (χ1) is 8.61. The topological polar surface area (TPSA) is 35.5 Å². The largest absolute Gasteiger partial charge is 0.394 e. The molecule has 1 atom stereocenters. The SMILES string of the molecule is CCCNC(C)(CO)CCCN(C)C1CCCC1.